The molecule has 2 atom stereocenters. The van der Waals surface area contributed by atoms with Crippen molar-refractivity contribution in [2.24, 2.45) is 0 Å². The number of hydrogen-bond donors (Lipinski definition) is 1. The molecule has 3 nitrogen and oxygen atoms in total. The van der Waals surface area contributed by atoms with Gasteiger partial charge >= 0.3 is 0 Å². The molecule has 0 aliphatic rings. The molecule has 2 aromatic rings. The van der Waals surface area contributed by atoms with Crippen molar-refractivity contribution >= 4 is 25.8 Å². The van der Waals surface area contributed by atoms with Crippen molar-refractivity contribution in [2.75, 3.05) is 5.75 Å². The molecule has 0 saturated carbocycles. The van der Waals surface area contributed by atoms with Crippen molar-refractivity contribution in [3.63, 3.8) is 0 Å². The van der Waals surface area contributed by atoms with Gasteiger partial charge in [-0.3, -0.25) is 0 Å². The maximum atomic E-state index is 12.3. The van der Waals surface area contributed by atoms with E-state index in [9.17, 15) is 13.5 Å². The maximum Gasteiger partial charge on any atom is 0.168 e. The van der Waals surface area contributed by atoms with Gasteiger partial charge in [0.15, 0.2) is 13.5 Å². The first-order valence-electron chi connectivity index (χ1n) is 7.60. The van der Waals surface area contributed by atoms with Gasteiger partial charge in [0.1, 0.15) is 6.10 Å². The molecule has 0 saturated heterocycles. The Morgan fingerprint density at radius 3 is 2.00 bits per heavy atom. The van der Waals surface area contributed by atoms with Gasteiger partial charge in [-0.25, -0.2) is 8.42 Å². The van der Waals surface area contributed by atoms with E-state index in [0.717, 1.165) is 11.1 Å². The lowest BCUT2D eigenvalue weighted by atomic mass is 10.00. The molecular formula is C18H21BrO3S. The third-order valence-electron chi connectivity index (χ3n) is 4.12. The molecule has 0 radical (unpaired) electrons. The van der Waals surface area contributed by atoms with Crippen molar-refractivity contribution in [1.29, 1.82) is 0 Å². The number of halogens is 1. The van der Waals surface area contributed by atoms with Crippen LogP contribution in [0.3, 0.4) is 0 Å². The highest BCUT2D eigenvalue weighted by Gasteiger charge is 2.45. The summed E-state index contributed by atoms with van der Waals surface area (Å²) in [6, 6.07) is 17.3. The van der Waals surface area contributed by atoms with Crippen molar-refractivity contribution < 1.29 is 13.5 Å². The molecule has 124 valence electrons. The van der Waals surface area contributed by atoms with Crippen LogP contribution in [0, 0.1) is 0 Å². The zero-order valence-electron chi connectivity index (χ0n) is 13.2. The standard InChI is InChI=1S/C18H21BrO3S/c1-3-18(19,23(21,22)4-2)17(20)16-12-10-15(11-13-16)14-8-6-5-7-9-14/h5-13,17,20H,3-4H2,1-2H3/t17-,18+/m0/s1. The van der Waals surface area contributed by atoms with Crippen molar-refractivity contribution in [3.8, 4) is 11.1 Å². The monoisotopic (exact) mass is 396 g/mol. The second-order valence-corrected chi connectivity index (χ2v) is 9.91. The van der Waals surface area contributed by atoms with E-state index in [1.54, 1.807) is 26.0 Å². The number of benzene rings is 2. The van der Waals surface area contributed by atoms with Crippen molar-refractivity contribution in [1.82, 2.24) is 0 Å². The topological polar surface area (TPSA) is 54.4 Å². The summed E-state index contributed by atoms with van der Waals surface area (Å²) in [5, 5.41) is 10.6. The SMILES string of the molecule is CC[C@](Br)([C@@H](O)c1ccc(-c2ccccc2)cc1)S(=O)(=O)CC. The summed E-state index contributed by atoms with van der Waals surface area (Å²) in [6.45, 7) is 3.34. The summed E-state index contributed by atoms with van der Waals surface area (Å²) in [4.78, 5) is 0. The second-order valence-electron chi connectivity index (χ2n) is 5.43. The third-order valence-corrected chi connectivity index (χ3v) is 8.90. The molecule has 0 aliphatic carbocycles. The summed E-state index contributed by atoms with van der Waals surface area (Å²) in [5.41, 5.74) is 2.69. The van der Waals surface area contributed by atoms with Gasteiger partial charge in [-0.2, -0.15) is 0 Å². The molecule has 1 N–H and O–H groups in total. The van der Waals surface area contributed by atoms with Gasteiger partial charge in [-0.15, -0.1) is 0 Å². The highest BCUT2D eigenvalue weighted by atomic mass is 79.9. The van der Waals surface area contributed by atoms with Gasteiger partial charge in [0.25, 0.3) is 0 Å². The predicted molar refractivity (Wildman–Crippen MR) is 98.2 cm³/mol. The molecule has 23 heavy (non-hydrogen) atoms. The second kappa shape index (κ2) is 7.16. The maximum absolute atomic E-state index is 12.3. The Morgan fingerprint density at radius 2 is 1.52 bits per heavy atom. The van der Waals surface area contributed by atoms with Crippen LogP contribution in [0.15, 0.2) is 54.6 Å². The number of hydrogen-bond acceptors (Lipinski definition) is 3. The minimum atomic E-state index is -3.45. The molecule has 0 fully saturated rings. The summed E-state index contributed by atoms with van der Waals surface area (Å²) in [7, 11) is -3.45. The molecule has 2 rings (SSSR count). The van der Waals surface area contributed by atoms with Crippen LogP contribution in [-0.2, 0) is 9.84 Å². The molecule has 0 aromatic heterocycles. The number of alkyl halides is 1. The number of sulfone groups is 1. The number of aliphatic hydroxyl groups excluding tert-OH is 1. The largest absolute Gasteiger partial charge is 0.386 e. The van der Waals surface area contributed by atoms with E-state index in [-0.39, 0.29) is 12.2 Å². The predicted octanol–water partition coefficient (Wildman–Crippen LogP) is 4.32. The zero-order chi connectivity index (χ0) is 17.1. The summed E-state index contributed by atoms with van der Waals surface area (Å²) in [6.07, 6.45) is -0.840. The van der Waals surface area contributed by atoms with E-state index in [2.05, 4.69) is 15.9 Å². The molecule has 0 unspecified atom stereocenters. The minimum absolute atomic E-state index is 0.0226. The quantitative estimate of drug-likeness (QED) is 0.739. The Hall–Kier alpha value is -1.17. The summed E-state index contributed by atoms with van der Waals surface area (Å²) >= 11 is 3.29. The molecule has 0 amide bonds. The van der Waals surface area contributed by atoms with Gasteiger partial charge < -0.3 is 5.11 Å². The van der Waals surface area contributed by atoms with E-state index >= 15 is 0 Å². The van der Waals surface area contributed by atoms with E-state index in [1.165, 1.54) is 0 Å². The molecule has 0 aliphatic heterocycles. The van der Waals surface area contributed by atoms with Crippen molar-refractivity contribution in [2.45, 2.75) is 30.0 Å². The fourth-order valence-electron chi connectivity index (χ4n) is 2.56. The van der Waals surface area contributed by atoms with Crippen LogP contribution >= 0.6 is 15.9 Å². The fraction of sp³-hybridized carbons (Fsp3) is 0.333. The fourth-order valence-corrected chi connectivity index (χ4v) is 4.91. The van der Waals surface area contributed by atoms with Gasteiger partial charge in [0, 0.05) is 5.75 Å². The Bertz CT molecular complexity index is 742. The lowest BCUT2D eigenvalue weighted by molar-refractivity contribution is 0.160. The van der Waals surface area contributed by atoms with E-state index in [1.807, 2.05) is 42.5 Å². The Balaban J connectivity index is 2.35. The molecule has 0 heterocycles. The van der Waals surface area contributed by atoms with E-state index in [4.69, 9.17) is 0 Å². The number of aliphatic hydroxyl groups is 1. The molecule has 5 heteroatoms. The highest BCUT2D eigenvalue weighted by Crippen LogP contribution is 2.42. The Labute approximate surface area is 146 Å². The average Bonchev–Trinajstić information content (AvgIpc) is 2.61. The van der Waals surface area contributed by atoms with Gasteiger partial charge in [0.2, 0.25) is 0 Å². The molecular weight excluding hydrogens is 376 g/mol. The highest BCUT2D eigenvalue weighted by molar-refractivity contribution is 9.11. The van der Waals surface area contributed by atoms with Crippen molar-refractivity contribution in [3.05, 3.63) is 60.2 Å². The molecule has 0 spiro atoms. The summed E-state index contributed by atoms with van der Waals surface area (Å²) in [5.74, 6) is -0.0226. The van der Waals surface area contributed by atoms with Crippen LogP contribution in [0.25, 0.3) is 11.1 Å². The van der Waals surface area contributed by atoms with Crippen LogP contribution in [0.1, 0.15) is 31.9 Å². The summed E-state index contributed by atoms with van der Waals surface area (Å²) < 4.78 is 23.3. The lowest BCUT2D eigenvalue weighted by Gasteiger charge is -2.31. The lowest BCUT2D eigenvalue weighted by Crippen LogP contribution is -2.39. The average molecular weight is 397 g/mol. The van der Waals surface area contributed by atoms with Crippen LogP contribution in [-0.4, -0.2) is 22.9 Å². The van der Waals surface area contributed by atoms with Gasteiger partial charge in [-0.05, 0) is 23.1 Å². The van der Waals surface area contributed by atoms with Crippen LogP contribution < -0.4 is 0 Å². The Kier molecular flexibility index (Phi) is 5.65. The van der Waals surface area contributed by atoms with E-state index < -0.39 is 19.6 Å². The van der Waals surface area contributed by atoms with E-state index in [0.29, 0.717) is 5.56 Å². The van der Waals surface area contributed by atoms with Crippen LogP contribution in [0.4, 0.5) is 0 Å². The van der Waals surface area contributed by atoms with Gasteiger partial charge in [-0.1, -0.05) is 84.4 Å². The minimum Gasteiger partial charge on any atom is -0.386 e. The number of rotatable bonds is 6. The smallest absolute Gasteiger partial charge is 0.168 e. The van der Waals surface area contributed by atoms with Gasteiger partial charge in [0.05, 0.1) is 0 Å². The van der Waals surface area contributed by atoms with Crippen LogP contribution in [0.5, 0.6) is 0 Å². The first-order chi connectivity index (χ1) is 10.9. The molecule has 0 bridgehead atoms. The first-order valence-corrected chi connectivity index (χ1v) is 10.0. The Morgan fingerprint density at radius 1 is 1.00 bits per heavy atom. The normalized spacial score (nSPS) is 15.8. The zero-order valence-corrected chi connectivity index (χ0v) is 15.6. The first kappa shape index (κ1) is 18.2. The third kappa shape index (κ3) is 3.52. The van der Waals surface area contributed by atoms with Crippen LogP contribution in [0.2, 0.25) is 0 Å². The molecule has 2 aromatic carbocycles.